The molecule has 0 saturated carbocycles. The topological polar surface area (TPSA) is 101 Å². The molecular formula is C14H16N4O3. The van der Waals surface area contributed by atoms with Gasteiger partial charge in [-0.05, 0) is 12.5 Å². The van der Waals surface area contributed by atoms with Crippen LogP contribution in [0.3, 0.4) is 0 Å². The first-order valence-electron chi connectivity index (χ1n) is 6.58. The Kier molecular flexibility index (Phi) is 4.65. The highest BCUT2D eigenvalue weighted by Gasteiger charge is 2.17. The first-order valence-corrected chi connectivity index (χ1v) is 6.58. The minimum absolute atomic E-state index is 0.0114. The summed E-state index contributed by atoms with van der Waals surface area (Å²) in [5, 5.41) is 13.5. The van der Waals surface area contributed by atoms with Crippen LogP contribution in [0.4, 0.5) is 5.69 Å². The maximum Gasteiger partial charge on any atom is 0.269 e. The van der Waals surface area contributed by atoms with Gasteiger partial charge in [0.05, 0.1) is 10.8 Å². The number of aromatic nitrogens is 2. The van der Waals surface area contributed by atoms with Crippen LogP contribution in [-0.4, -0.2) is 27.3 Å². The van der Waals surface area contributed by atoms with Crippen molar-refractivity contribution in [1.29, 1.82) is 0 Å². The second-order valence-corrected chi connectivity index (χ2v) is 4.65. The van der Waals surface area contributed by atoms with Gasteiger partial charge in [0.1, 0.15) is 5.82 Å². The van der Waals surface area contributed by atoms with E-state index in [0.717, 1.165) is 5.82 Å². The number of H-pyrrole nitrogens is 1. The quantitative estimate of drug-likeness (QED) is 0.625. The first-order chi connectivity index (χ1) is 10.1. The van der Waals surface area contributed by atoms with E-state index in [-0.39, 0.29) is 11.6 Å². The number of amides is 1. The van der Waals surface area contributed by atoms with Crippen molar-refractivity contribution in [1.82, 2.24) is 15.3 Å². The molecule has 7 heteroatoms. The summed E-state index contributed by atoms with van der Waals surface area (Å²) in [6, 6.07) is 6.13. The first kappa shape index (κ1) is 14.7. The molecule has 1 aromatic carbocycles. The fraction of sp³-hybridized carbons (Fsp3) is 0.286. The van der Waals surface area contributed by atoms with Gasteiger partial charge in [-0.25, -0.2) is 4.98 Å². The lowest BCUT2D eigenvalue weighted by Crippen LogP contribution is -2.30. The number of nitro benzene ring substituents is 1. The average Bonchev–Trinajstić information content (AvgIpc) is 2.99. The summed E-state index contributed by atoms with van der Waals surface area (Å²) >= 11 is 0. The predicted molar refractivity (Wildman–Crippen MR) is 76.8 cm³/mol. The molecule has 1 aromatic heterocycles. The van der Waals surface area contributed by atoms with E-state index in [1.807, 2.05) is 0 Å². The molecule has 2 N–H and O–H groups in total. The monoisotopic (exact) mass is 288 g/mol. The minimum Gasteiger partial charge on any atom is -0.355 e. The van der Waals surface area contributed by atoms with Gasteiger partial charge in [-0.2, -0.15) is 0 Å². The SMILES string of the molecule is CC(C(=O)NCCc1ncc[nH]1)c1cccc([N+](=O)[O-])c1. The number of rotatable bonds is 6. The van der Waals surface area contributed by atoms with Crippen molar-refractivity contribution in [3.8, 4) is 0 Å². The lowest BCUT2D eigenvalue weighted by molar-refractivity contribution is -0.384. The summed E-state index contributed by atoms with van der Waals surface area (Å²) in [4.78, 5) is 29.3. The molecule has 2 aromatic rings. The maximum atomic E-state index is 12.0. The molecule has 110 valence electrons. The van der Waals surface area contributed by atoms with Gasteiger partial charge >= 0.3 is 0 Å². The van der Waals surface area contributed by atoms with Crippen LogP contribution in [0.2, 0.25) is 0 Å². The smallest absolute Gasteiger partial charge is 0.269 e. The lowest BCUT2D eigenvalue weighted by atomic mass is 10.00. The van der Waals surface area contributed by atoms with Crippen molar-refractivity contribution in [3.05, 3.63) is 58.2 Å². The number of hydrogen-bond donors (Lipinski definition) is 2. The van der Waals surface area contributed by atoms with Crippen molar-refractivity contribution in [3.63, 3.8) is 0 Å². The molecule has 21 heavy (non-hydrogen) atoms. The zero-order valence-corrected chi connectivity index (χ0v) is 11.6. The van der Waals surface area contributed by atoms with Gasteiger partial charge in [-0.3, -0.25) is 14.9 Å². The molecule has 0 spiro atoms. The molecule has 1 amide bonds. The number of imidazole rings is 1. The zero-order chi connectivity index (χ0) is 15.2. The van der Waals surface area contributed by atoms with Crippen molar-refractivity contribution < 1.29 is 9.72 Å². The molecule has 1 heterocycles. The Hall–Kier alpha value is -2.70. The fourth-order valence-corrected chi connectivity index (χ4v) is 1.95. The largest absolute Gasteiger partial charge is 0.355 e. The van der Waals surface area contributed by atoms with Gasteiger partial charge in [0.25, 0.3) is 5.69 Å². The van der Waals surface area contributed by atoms with E-state index in [9.17, 15) is 14.9 Å². The van der Waals surface area contributed by atoms with Gasteiger partial charge in [0.15, 0.2) is 0 Å². The third-order valence-electron chi connectivity index (χ3n) is 3.19. The van der Waals surface area contributed by atoms with Crippen LogP contribution < -0.4 is 5.32 Å². The van der Waals surface area contributed by atoms with Crippen LogP contribution in [0, 0.1) is 10.1 Å². The molecule has 0 radical (unpaired) electrons. The highest BCUT2D eigenvalue weighted by Crippen LogP contribution is 2.20. The Bertz CT molecular complexity index is 625. The van der Waals surface area contributed by atoms with Gasteiger partial charge < -0.3 is 10.3 Å². The van der Waals surface area contributed by atoms with Crippen molar-refractivity contribution >= 4 is 11.6 Å². The number of aromatic amines is 1. The molecule has 1 unspecified atom stereocenters. The Morgan fingerprint density at radius 2 is 2.33 bits per heavy atom. The highest BCUT2D eigenvalue weighted by atomic mass is 16.6. The summed E-state index contributed by atoms with van der Waals surface area (Å²) in [5.74, 6) is 0.196. The van der Waals surface area contributed by atoms with E-state index in [1.54, 1.807) is 31.5 Å². The van der Waals surface area contributed by atoms with E-state index in [0.29, 0.717) is 18.5 Å². The number of nitrogens with one attached hydrogen (secondary N) is 2. The number of non-ortho nitro benzene ring substituents is 1. The van der Waals surface area contributed by atoms with E-state index in [4.69, 9.17) is 0 Å². The number of carbonyl (C=O) groups excluding carboxylic acids is 1. The highest BCUT2D eigenvalue weighted by molar-refractivity contribution is 5.83. The lowest BCUT2D eigenvalue weighted by Gasteiger charge is -2.12. The van der Waals surface area contributed by atoms with Gasteiger partial charge in [-0.15, -0.1) is 0 Å². The Labute approximate surface area is 121 Å². The van der Waals surface area contributed by atoms with Crippen molar-refractivity contribution in [2.75, 3.05) is 6.54 Å². The second-order valence-electron chi connectivity index (χ2n) is 4.65. The summed E-state index contributed by atoms with van der Waals surface area (Å²) in [6.07, 6.45) is 3.99. The number of benzene rings is 1. The summed E-state index contributed by atoms with van der Waals surface area (Å²) in [5.41, 5.74) is 0.613. The van der Waals surface area contributed by atoms with E-state index < -0.39 is 10.8 Å². The normalized spacial score (nSPS) is 11.9. The zero-order valence-electron chi connectivity index (χ0n) is 11.6. The molecule has 7 nitrogen and oxygen atoms in total. The van der Waals surface area contributed by atoms with E-state index in [2.05, 4.69) is 15.3 Å². The maximum absolute atomic E-state index is 12.0. The summed E-state index contributed by atoms with van der Waals surface area (Å²) in [6.45, 7) is 2.19. The number of hydrogen-bond acceptors (Lipinski definition) is 4. The van der Waals surface area contributed by atoms with Crippen LogP contribution in [0.1, 0.15) is 24.2 Å². The van der Waals surface area contributed by atoms with Crippen LogP contribution in [0.5, 0.6) is 0 Å². The summed E-state index contributed by atoms with van der Waals surface area (Å²) < 4.78 is 0. The van der Waals surface area contributed by atoms with Crippen LogP contribution in [0.25, 0.3) is 0 Å². The number of nitrogens with zero attached hydrogens (tertiary/aromatic N) is 2. The van der Waals surface area contributed by atoms with Gasteiger partial charge in [-0.1, -0.05) is 12.1 Å². The van der Waals surface area contributed by atoms with Crippen molar-refractivity contribution in [2.24, 2.45) is 0 Å². The molecule has 2 rings (SSSR count). The third kappa shape index (κ3) is 3.88. The Morgan fingerprint density at radius 3 is 3.00 bits per heavy atom. The van der Waals surface area contributed by atoms with Crippen LogP contribution in [-0.2, 0) is 11.2 Å². The molecule has 1 atom stereocenters. The fourth-order valence-electron chi connectivity index (χ4n) is 1.95. The molecule has 0 fully saturated rings. The van der Waals surface area contributed by atoms with Crippen molar-refractivity contribution in [2.45, 2.75) is 19.3 Å². The minimum atomic E-state index is -0.467. The number of carbonyl (C=O) groups is 1. The molecule has 0 aliphatic carbocycles. The van der Waals surface area contributed by atoms with Crippen LogP contribution in [0.15, 0.2) is 36.7 Å². The second kappa shape index (κ2) is 6.65. The van der Waals surface area contributed by atoms with Gasteiger partial charge in [0, 0.05) is 37.5 Å². The average molecular weight is 288 g/mol. The molecule has 0 aliphatic rings. The molecular weight excluding hydrogens is 272 g/mol. The number of nitro groups is 1. The Morgan fingerprint density at radius 1 is 1.52 bits per heavy atom. The third-order valence-corrected chi connectivity index (χ3v) is 3.19. The molecule has 0 bridgehead atoms. The van der Waals surface area contributed by atoms with Crippen LogP contribution >= 0.6 is 0 Å². The predicted octanol–water partition coefficient (Wildman–Crippen LogP) is 1.78. The van der Waals surface area contributed by atoms with E-state index >= 15 is 0 Å². The molecule has 0 saturated heterocycles. The van der Waals surface area contributed by atoms with E-state index in [1.165, 1.54) is 12.1 Å². The van der Waals surface area contributed by atoms with Gasteiger partial charge in [0.2, 0.25) is 5.91 Å². The standard InChI is InChI=1S/C14H16N4O3/c1-10(11-3-2-4-12(9-11)18(20)21)14(19)17-6-5-13-15-7-8-16-13/h2-4,7-10H,5-6H2,1H3,(H,15,16)(H,17,19). The molecule has 0 aliphatic heterocycles. The summed E-state index contributed by atoms with van der Waals surface area (Å²) in [7, 11) is 0. The Balaban J connectivity index is 1.92.